The molecule has 0 bridgehead atoms. The molecule has 0 saturated carbocycles. The Kier molecular flexibility index (Phi) is 3.22. The summed E-state index contributed by atoms with van der Waals surface area (Å²) in [5, 5.41) is 48.1. The average Bonchev–Trinajstić information content (AvgIpc) is 2.43. The van der Waals surface area contributed by atoms with Crippen LogP contribution in [0.3, 0.4) is 0 Å². The van der Waals surface area contributed by atoms with Gasteiger partial charge in [-0.2, -0.15) is 0 Å². The fourth-order valence-electron chi connectivity index (χ4n) is 2.51. The smallest absolute Gasteiger partial charge is 0.160 e. The summed E-state index contributed by atoms with van der Waals surface area (Å²) < 4.78 is 19.4. The molecule has 7 heteroatoms. The largest absolute Gasteiger partial charge is 0.508 e. The van der Waals surface area contributed by atoms with E-state index in [0.717, 1.165) is 18.2 Å². The highest BCUT2D eigenvalue weighted by Crippen LogP contribution is 2.43. The molecule has 2 aromatic carbocycles. The zero-order chi connectivity index (χ0) is 16.0. The molecule has 2 atom stereocenters. The number of aliphatic hydroxyl groups excluding tert-OH is 1. The summed E-state index contributed by atoms with van der Waals surface area (Å²) in [5.41, 5.74) is 0.154. The number of phenolic OH excluding ortho intramolecular Hbond substituents is 4. The SMILES string of the molecule is Oc1cc(O)c2c(c1)O[C@H](c1cc(O)c(O)cc1F)[C@H](O)C2. The van der Waals surface area contributed by atoms with Crippen molar-refractivity contribution in [2.24, 2.45) is 0 Å². The van der Waals surface area contributed by atoms with Crippen molar-refractivity contribution in [1.82, 2.24) is 0 Å². The Labute approximate surface area is 124 Å². The highest BCUT2D eigenvalue weighted by Gasteiger charge is 2.34. The van der Waals surface area contributed by atoms with Crippen LogP contribution in [0.1, 0.15) is 17.2 Å². The number of phenols is 4. The lowest BCUT2D eigenvalue weighted by atomic mass is 9.93. The van der Waals surface area contributed by atoms with Gasteiger partial charge in [0.1, 0.15) is 23.1 Å². The number of rotatable bonds is 1. The molecule has 6 nitrogen and oxygen atoms in total. The van der Waals surface area contributed by atoms with Gasteiger partial charge in [-0.1, -0.05) is 0 Å². The van der Waals surface area contributed by atoms with E-state index in [0.29, 0.717) is 5.56 Å². The van der Waals surface area contributed by atoms with Crippen LogP contribution in [-0.4, -0.2) is 31.6 Å². The lowest BCUT2D eigenvalue weighted by Gasteiger charge is -2.31. The van der Waals surface area contributed by atoms with E-state index >= 15 is 0 Å². The summed E-state index contributed by atoms with van der Waals surface area (Å²) in [4.78, 5) is 0. The maximum Gasteiger partial charge on any atom is 0.160 e. The van der Waals surface area contributed by atoms with E-state index in [1.807, 2.05) is 0 Å². The molecule has 2 aromatic rings. The molecule has 0 unspecified atom stereocenters. The molecule has 1 aliphatic rings. The number of ether oxygens (including phenoxy) is 1. The molecular formula is C15H13FO6. The lowest BCUT2D eigenvalue weighted by Crippen LogP contribution is -2.31. The van der Waals surface area contributed by atoms with Gasteiger partial charge in [0.2, 0.25) is 0 Å². The predicted octanol–water partition coefficient (Wildman–Crippen LogP) is 1.69. The van der Waals surface area contributed by atoms with E-state index in [1.54, 1.807) is 0 Å². The Hall–Kier alpha value is -2.67. The van der Waals surface area contributed by atoms with Crippen molar-refractivity contribution in [3.8, 4) is 28.7 Å². The molecule has 0 aliphatic carbocycles. The number of benzene rings is 2. The molecule has 0 radical (unpaired) electrons. The Bertz CT molecular complexity index is 745. The van der Waals surface area contributed by atoms with Gasteiger partial charge in [0.15, 0.2) is 17.6 Å². The summed E-state index contributed by atoms with van der Waals surface area (Å²) in [6.45, 7) is 0. The van der Waals surface area contributed by atoms with Crippen molar-refractivity contribution in [2.75, 3.05) is 0 Å². The van der Waals surface area contributed by atoms with Crippen molar-refractivity contribution in [1.29, 1.82) is 0 Å². The van der Waals surface area contributed by atoms with Gasteiger partial charge in [0.05, 0.1) is 6.10 Å². The molecule has 22 heavy (non-hydrogen) atoms. The van der Waals surface area contributed by atoms with Crippen LogP contribution in [0.5, 0.6) is 28.7 Å². The van der Waals surface area contributed by atoms with Crippen LogP contribution in [0.2, 0.25) is 0 Å². The first-order valence-electron chi connectivity index (χ1n) is 6.47. The fourth-order valence-corrected chi connectivity index (χ4v) is 2.51. The van der Waals surface area contributed by atoms with Gasteiger partial charge >= 0.3 is 0 Å². The van der Waals surface area contributed by atoms with Crippen LogP contribution in [0.4, 0.5) is 4.39 Å². The van der Waals surface area contributed by atoms with Crippen molar-refractivity contribution in [2.45, 2.75) is 18.6 Å². The zero-order valence-corrected chi connectivity index (χ0v) is 11.2. The number of hydrogen-bond acceptors (Lipinski definition) is 6. The zero-order valence-electron chi connectivity index (χ0n) is 11.2. The number of aromatic hydroxyl groups is 4. The summed E-state index contributed by atoms with van der Waals surface area (Å²) >= 11 is 0. The lowest BCUT2D eigenvalue weighted by molar-refractivity contribution is 0.0177. The normalized spacial score (nSPS) is 20.3. The first-order chi connectivity index (χ1) is 10.4. The van der Waals surface area contributed by atoms with E-state index in [1.165, 1.54) is 6.07 Å². The van der Waals surface area contributed by atoms with Crippen molar-refractivity contribution >= 4 is 0 Å². The van der Waals surface area contributed by atoms with Gasteiger partial charge in [0.25, 0.3) is 0 Å². The van der Waals surface area contributed by atoms with Crippen LogP contribution < -0.4 is 4.74 Å². The highest BCUT2D eigenvalue weighted by molar-refractivity contribution is 5.52. The predicted molar refractivity (Wildman–Crippen MR) is 72.6 cm³/mol. The minimum atomic E-state index is -1.18. The highest BCUT2D eigenvalue weighted by atomic mass is 19.1. The van der Waals surface area contributed by atoms with Crippen LogP contribution in [-0.2, 0) is 6.42 Å². The first-order valence-corrected chi connectivity index (χ1v) is 6.47. The minimum absolute atomic E-state index is 0.0206. The van der Waals surface area contributed by atoms with E-state index in [-0.39, 0.29) is 29.2 Å². The van der Waals surface area contributed by atoms with Crippen molar-refractivity contribution in [3.63, 3.8) is 0 Å². The maximum atomic E-state index is 14.0. The molecule has 0 saturated heterocycles. The molecule has 0 fully saturated rings. The molecule has 0 aromatic heterocycles. The molecule has 0 amide bonds. The third-order valence-corrected chi connectivity index (χ3v) is 3.59. The first kappa shape index (κ1) is 14.3. The molecule has 5 N–H and O–H groups in total. The molecular weight excluding hydrogens is 295 g/mol. The topological polar surface area (TPSA) is 110 Å². The number of aliphatic hydroxyl groups is 1. The molecule has 1 heterocycles. The summed E-state index contributed by atoms with van der Waals surface area (Å²) in [6, 6.07) is 4.04. The Morgan fingerprint density at radius 2 is 1.64 bits per heavy atom. The molecule has 0 spiro atoms. The van der Waals surface area contributed by atoms with E-state index in [4.69, 9.17) is 4.74 Å². The fraction of sp³-hybridized carbons (Fsp3) is 0.200. The average molecular weight is 308 g/mol. The van der Waals surface area contributed by atoms with Gasteiger partial charge in [-0.15, -0.1) is 0 Å². The second-order valence-corrected chi connectivity index (χ2v) is 5.11. The third-order valence-electron chi connectivity index (χ3n) is 3.59. The Morgan fingerprint density at radius 3 is 2.36 bits per heavy atom. The summed E-state index contributed by atoms with van der Waals surface area (Å²) in [5.74, 6) is -2.38. The number of halogens is 1. The minimum Gasteiger partial charge on any atom is -0.508 e. The molecule has 116 valence electrons. The third kappa shape index (κ3) is 2.25. The van der Waals surface area contributed by atoms with E-state index < -0.39 is 29.5 Å². The quantitative estimate of drug-likeness (QED) is 0.513. The van der Waals surface area contributed by atoms with Gasteiger partial charge < -0.3 is 30.3 Å². The number of hydrogen-bond donors (Lipinski definition) is 5. The van der Waals surface area contributed by atoms with Gasteiger partial charge in [-0.05, 0) is 6.07 Å². The monoisotopic (exact) mass is 308 g/mol. The second-order valence-electron chi connectivity index (χ2n) is 5.11. The molecule has 1 aliphatic heterocycles. The number of fused-ring (bicyclic) bond motifs is 1. The van der Waals surface area contributed by atoms with E-state index in [9.17, 15) is 29.9 Å². The maximum absolute atomic E-state index is 14.0. The van der Waals surface area contributed by atoms with Crippen LogP contribution in [0.15, 0.2) is 24.3 Å². The van der Waals surface area contributed by atoms with Gasteiger partial charge in [-0.3, -0.25) is 0 Å². The van der Waals surface area contributed by atoms with Crippen molar-refractivity contribution in [3.05, 3.63) is 41.2 Å². The van der Waals surface area contributed by atoms with Crippen LogP contribution in [0.25, 0.3) is 0 Å². The van der Waals surface area contributed by atoms with Crippen molar-refractivity contribution < 1.29 is 34.7 Å². The van der Waals surface area contributed by atoms with Crippen LogP contribution >= 0.6 is 0 Å². The Balaban J connectivity index is 2.05. The standard InChI is InChI=1S/C15H13FO6/c16-9-5-12(20)11(19)3-7(9)15-13(21)4-8-10(18)1-6(17)2-14(8)22-15/h1-3,5,13,15,17-21H,4H2/t13-,15-/m1/s1. The Morgan fingerprint density at radius 1 is 0.955 bits per heavy atom. The second kappa shape index (κ2) is 4.96. The molecule has 3 rings (SSSR count). The summed E-state index contributed by atoms with van der Waals surface area (Å²) in [6.07, 6.45) is -2.35. The van der Waals surface area contributed by atoms with Crippen LogP contribution in [0, 0.1) is 5.82 Å². The van der Waals surface area contributed by atoms with Gasteiger partial charge in [-0.25, -0.2) is 4.39 Å². The van der Waals surface area contributed by atoms with E-state index in [2.05, 4.69) is 0 Å². The summed E-state index contributed by atoms with van der Waals surface area (Å²) in [7, 11) is 0. The van der Waals surface area contributed by atoms with Gasteiger partial charge in [0, 0.05) is 35.7 Å².